The van der Waals surface area contributed by atoms with Gasteiger partial charge in [0.25, 0.3) is 0 Å². The van der Waals surface area contributed by atoms with Crippen LogP contribution >= 0.6 is 0 Å². The molecule has 0 N–H and O–H groups in total. The Balaban J connectivity index is 1.50. The van der Waals surface area contributed by atoms with Gasteiger partial charge in [-0.15, -0.1) is 0 Å². The zero-order valence-electron chi connectivity index (χ0n) is 20.4. The zero-order chi connectivity index (χ0) is 24.5. The average Bonchev–Trinajstić information content (AvgIpc) is 3.22. The number of hydrogen-bond donors (Lipinski definition) is 0. The molecule has 4 aromatic carbocycles. The molecule has 4 aromatic rings. The molecular weight excluding hydrogens is 430 g/mol. The molecule has 6 rings (SSSR count). The van der Waals surface area contributed by atoms with Gasteiger partial charge in [-0.2, -0.15) is 0 Å². The predicted molar refractivity (Wildman–Crippen MR) is 143 cm³/mol. The Morgan fingerprint density at radius 2 is 1.31 bits per heavy atom. The van der Waals surface area contributed by atoms with Gasteiger partial charge < -0.3 is 4.90 Å². The minimum Gasteiger partial charge on any atom is -0.341 e. The Hall–Kier alpha value is -3.98. The highest BCUT2D eigenvalue weighted by Gasteiger charge is 2.42. The van der Waals surface area contributed by atoms with Gasteiger partial charge in [0.1, 0.15) is 0 Å². The molecule has 0 amide bonds. The van der Waals surface area contributed by atoms with Crippen molar-refractivity contribution in [2.45, 2.75) is 39.2 Å². The first-order chi connectivity index (χ1) is 16.8. The van der Waals surface area contributed by atoms with Crippen LogP contribution < -0.4 is 4.90 Å². The van der Waals surface area contributed by atoms with Gasteiger partial charge in [-0.25, -0.2) is 0 Å². The van der Waals surface area contributed by atoms with Crippen LogP contribution in [-0.4, -0.2) is 17.6 Å². The summed E-state index contributed by atoms with van der Waals surface area (Å²) < 4.78 is 0. The lowest BCUT2D eigenvalue weighted by Gasteiger charge is -2.30. The third-order valence-corrected chi connectivity index (χ3v) is 7.48. The highest BCUT2D eigenvalue weighted by Crippen LogP contribution is 2.51. The predicted octanol–water partition coefficient (Wildman–Crippen LogP) is 7.39. The van der Waals surface area contributed by atoms with Crippen molar-refractivity contribution < 1.29 is 9.59 Å². The smallest absolute Gasteiger partial charge is 0.197 e. The SMILES string of the molecule is CC(C)N1/C(=C/C=C2C(=O)c3cc4ccccc4cc3C2=O)C(C)(C)c2c1ccc1ccccc21. The third kappa shape index (κ3) is 3.04. The Morgan fingerprint density at radius 1 is 0.743 bits per heavy atom. The van der Waals surface area contributed by atoms with E-state index in [1.165, 1.54) is 22.0 Å². The largest absolute Gasteiger partial charge is 0.341 e. The summed E-state index contributed by atoms with van der Waals surface area (Å²) in [6.07, 6.45) is 3.74. The molecule has 0 bridgehead atoms. The summed E-state index contributed by atoms with van der Waals surface area (Å²) in [6, 6.07) is 24.6. The maximum absolute atomic E-state index is 13.3. The number of carbonyl (C=O) groups is 2. The van der Waals surface area contributed by atoms with Crippen LogP contribution in [0.1, 0.15) is 54.0 Å². The highest BCUT2D eigenvalue weighted by molar-refractivity contribution is 6.40. The van der Waals surface area contributed by atoms with E-state index in [0.29, 0.717) is 11.1 Å². The minimum atomic E-state index is -0.288. The summed E-state index contributed by atoms with van der Waals surface area (Å²) in [4.78, 5) is 28.9. The molecule has 0 spiro atoms. The monoisotopic (exact) mass is 457 g/mol. The average molecular weight is 458 g/mol. The van der Waals surface area contributed by atoms with Crippen LogP contribution in [0, 0.1) is 0 Å². The maximum atomic E-state index is 13.3. The van der Waals surface area contributed by atoms with Crippen molar-refractivity contribution in [3.05, 3.63) is 113 Å². The van der Waals surface area contributed by atoms with Gasteiger partial charge in [-0.1, -0.05) is 68.4 Å². The number of rotatable bonds is 2. The number of nitrogens with zero attached hydrogens (tertiary/aromatic N) is 1. The van der Waals surface area contributed by atoms with E-state index in [1.807, 2.05) is 42.5 Å². The van der Waals surface area contributed by atoms with E-state index in [-0.39, 0.29) is 28.6 Å². The van der Waals surface area contributed by atoms with Crippen molar-refractivity contribution in [2.75, 3.05) is 4.90 Å². The molecule has 0 aromatic heterocycles. The molecule has 3 nitrogen and oxygen atoms in total. The summed E-state index contributed by atoms with van der Waals surface area (Å²) in [5.74, 6) is -0.384. The summed E-state index contributed by atoms with van der Waals surface area (Å²) in [5.41, 5.74) is 4.51. The van der Waals surface area contributed by atoms with Crippen molar-refractivity contribution in [3.8, 4) is 0 Å². The number of benzene rings is 4. The fourth-order valence-corrected chi connectivity index (χ4v) is 5.84. The standard InChI is InChI=1S/C32H27NO2/c1-19(2)33-27-15-13-20-9-7-8-12-23(20)29(27)32(3,4)28(33)16-14-24-30(34)25-17-21-10-5-6-11-22(21)18-26(25)31(24)35/h5-19H,1-4H3/b28-16+. The van der Waals surface area contributed by atoms with E-state index in [4.69, 9.17) is 0 Å². The second-order valence-electron chi connectivity index (χ2n) is 10.3. The van der Waals surface area contributed by atoms with Gasteiger partial charge in [-0.3, -0.25) is 9.59 Å². The first-order valence-corrected chi connectivity index (χ1v) is 12.1. The van der Waals surface area contributed by atoms with Gasteiger partial charge in [0.2, 0.25) is 0 Å². The Morgan fingerprint density at radius 3 is 1.91 bits per heavy atom. The molecule has 0 atom stereocenters. The molecule has 35 heavy (non-hydrogen) atoms. The van der Waals surface area contributed by atoms with Gasteiger partial charge in [0, 0.05) is 34.0 Å². The fourth-order valence-electron chi connectivity index (χ4n) is 5.84. The topological polar surface area (TPSA) is 37.4 Å². The summed E-state index contributed by atoms with van der Waals surface area (Å²) in [7, 11) is 0. The molecule has 0 saturated heterocycles. The number of ketones is 2. The van der Waals surface area contributed by atoms with Crippen molar-refractivity contribution in [3.63, 3.8) is 0 Å². The van der Waals surface area contributed by atoms with Crippen LogP contribution in [0.2, 0.25) is 0 Å². The van der Waals surface area contributed by atoms with Gasteiger partial charge in [0.15, 0.2) is 11.6 Å². The van der Waals surface area contributed by atoms with Crippen molar-refractivity contribution in [1.29, 1.82) is 0 Å². The van der Waals surface area contributed by atoms with Gasteiger partial charge in [0.05, 0.1) is 5.57 Å². The molecular formula is C32H27NO2. The molecule has 0 saturated carbocycles. The van der Waals surface area contributed by atoms with E-state index in [9.17, 15) is 9.59 Å². The summed E-state index contributed by atoms with van der Waals surface area (Å²) >= 11 is 0. The lowest BCUT2D eigenvalue weighted by molar-refractivity contribution is 0.0988. The molecule has 3 heteroatoms. The van der Waals surface area contributed by atoms with Crippen molar-refractivity contribution >= 4 is 38.8 Å². The molecule has 1 aliphatic carbocycles. The van der Waals surface area contributed by atoms with E-state index in [1.54, 1.807) is 6.08 Å². The fraction of sp³-hybridized carbons (Fsp3) is 0.188. The second kappa shape index (κ2) is 7.51. The maximum Gasteiger partial charge on any atom is 0.197 e. The lowest BCUT2D eigenvalue weighted by Crippen LogP contribution is -2.31. The third-order valence-electron chi connectivity index (χ3n) is 7.48. The highest BCUT2D eigenvalue weighted by atomic mass is 16.2. The van der Waals surface area contributed by atoms with Gasteiger partial charge >= 0.3 is 0 Å². The molecule has 0 unspecified atom stereocenters. The first kappa shape index (κ1) is 21.5. The molecule has 172 valence electrons. The number of allylic oxidation sites excluding steroid dienone is 4. The summed E-state index contributed by atoms with van der Waals surface area (Å²) in [6.45, 7) is 8.80. The first-order valence-electron chi connectivity index (χ1n) is 12.1. The van der Waals surface area contributed by atoms with Crippen LogP contribution in [-0.2, 0) is 5.41 Å². The number of Topliss-reactive ketones (excluding diaryl/α,β-unsaturated/α-hetero) is 2. The molecule has 2 aliphatic rings. The molecule has 0 fully saturated rings. The molecule has 0 radical (unpaired) electrons. The Labute approximate surface area is 205 Å². The molecule has 1 heterocycles. The van der Waals surface area contributed by atoms with Crippen LogP contribution in [0.25, 0.3) is 21.5 Å². The Bertz CT molecular complexity index is 1580. The van der Waals surface area contributed by atoms with Crippen molar-refractivity contribution in [1.82, 2.24) is 0 Å². The number of fused-ring (bicyclic) bond motifs is 5. The lowest BCUT2D eigenvalue weighted by atomic mass is 9.81. The minimum absolute atomic E-state index is 0.192. The summed E-state index contributed by atoms with van der Waals surface area (Å²) in [5, 5.41) is 4.39. The zero-order valence-corrected chi connectivity index (χ0v) is 20.4. The molecule has 1 aliphatic heterocycles. The van der Waals surface area contributed by atoms with Gasteiger partial charge in [-0.05, 0) is 71.3 Å². The van der Waals surface area contributed by atoms with E-state index in [2.05, 4.69) is 69.0 Å². The van der Waals surface area contributed by atoms with Crippen LogP contribution in [0.15, 0.2) is 96.2 Å². The van der Waals surface area contributed by atoms with E-state index >= 15 is 0 Å². The Kier molecular flexibility index (Phi) is 4.62. The number of hydrogen-bond acceptors (Lipinski definition) is 3. The van der Waals surface area contributed by atoms with Crippen LogP contribution in [0.5, 0.6) is 0 Å². The number of anilines is 1. The van der Waals surface area contributed by atoms with E-state index < -0.39 is 0 Å². The normalized spacial score (nSPS) is 17.7. The van der Waals surface area contributed by atoms with Crippen LogP contribution in [0.4, 0.5) is 5.69 Å². The number of carbonyl (C=O) groups excluding carboxylic acids is 2. The van der Waals surface area contributed by atoms with E-state index in [0.717, 1.165) is 16.5 Å². The second-order valence-corrected chi connectivity index (χ2v) is 10.3. The quantitative estimate of drug-likeness (QED) is 0.233. The van der Waals surface area contributed by atoms with Crippen LogP contribution in [0.3, 0.4) is 0 Å². The van der Waals surface area contributed by atoms with Crippen molar-refractivity contribution in [2.24, 2.45) is 0 Å².